The molecule has 38 heavy (non-hydrogen) atoms. The molecule has 0 aliphatic heterocycles. The van der Waals surface area contributed by atoms with E-state index < -0.39 is 0 Å². The molecule has 0 saturated heterocycles. The molecule has 6 nitrogen and oxygen atoms in total. The van der Waals surface area contributed by atoms with E-state index in [1.807, 2.05) is 31.8 Å². The number of fused-ring (bicyclic) bond motifs is 1. The summed E-state index contributed by atoms with van der Waals surface area (Å²) in [6.45, 7) is 8.53. The van der Waals surface area contributed by atoms with E-state index >= 15 is 0 Å². The molecule has 1 aromatic carbocycles. The van der Waals surface area contributed by atoms with Crippen molar-refractivity contribution < 1.29 is 0 Å². The molecule has 4 aromatic heterocycles. The average molecular weight is 521 g/mol. The molecule has 0 aliphatic rings. The van der Waals surface area contributed by atoms with E-state index in [4.69, 9.17) is 4.98 Å². The Morgan fingerprint density at radius 1 is 1.03 bits per heavy atom. The summed E-state index contributed by atoms with van der Waals surface area (Å²) in [5, 5.41) is 10.9. The van der Waals surface area contributed by atoms with E-state index in [1.54, 1.807) is 11.3 Å². The minimum Gasteiger partial charge on any atom is -0.388 e. The van der Waals surface area contributed by atoms with Gasteiger partial charge in [-0.3, -0.25) is 9.97 Å². The number of aromatic amines is 1. The molecule has 4 heterocycles. The molecule has 0 saturated carbocycles. The summed E-state index contributed by atoms with van der Waals surface area (Å²) in [5.41, 5.74) is 10.4. The lowest BCUT2D eigenvalue weighted by Crippen LogP contribution is -2.02. The van der Waals surface area contributed by atoms with Crippen LogP contribution in [0.4, 0.5) is 11.4 Å². The quantitative estimate of drug-likeness (QED) is 0.174. The van der Waals surface area contributed by atoms with Gasteiger partial charge < -0.3 is 15.6 Å². The van der Waals surface area contributed by atoms with Crippen LogP contribution >= 0.6 is 11.3 Å². The molecule has 5 rings (SSSR count). The number of hydrogen-bond acceptors (Lipinski definition) is 6. The van der Waals surface area contributed by atoms with Crippen LogP contribution in [0.2, 0.25) is 0 Å². The number of nitrogens with zero attached hydrogens (tertiary/aromatic N) is 3. The number of H-pyrrole nitrogens is 1. The Balaban J connectivity index is 0.00000164. The molecule has 5 aromatic rings. The molecule has 3 N–H and O–H groups in total. The SMILES string of the molecule is C#C.C=C(CC(C)C)Nc1cncc(-c2ccc(NC)c(Cc3nc4c(-c5ccsc5)cncc4[nH]3)c2)c1. The molecule has 0 unspecified atom stereocenters. The van der Waals surface area contributed by atoms with Crippen LogP contribution in [-0.4, -0.2) is 27.0 Å². The van der Waals surface area contributed by atoms with Crippen LogP contribution < -0.4 is 10.6 Å². The summed E-state index contributed by atoms with van der Waals surface area (Å²) in [5.74, 6) is 1.45. The fraction of sp³-hybridized carbons (Fsp3) is 0.194. The molecule has 192 valence electrons. The highest BCUT2D eigenvalue weighted by Gasteiger charge is 2.13. The Kier molecular flexibility index (Phi) is 8.57. The van der Waals surface area contributed by atoms with Gasteiger partial charge in [0.2, 0.25) is 0 Å². The van der Waals surface area contributed by atoms with Gasteiger partial charge in [-0.1, -0.05) is 26.5 Å². The van der Waals surface area contributed by atoms with Crippen LogP contribution in [0.25, 0.3) is 33.3 Å². The van der Waals surface area contributed by atoms with Crippen LogP contribution in [0.5, 0.6) is 0 Å². The van der Waals surface area contributed by atoms with Gasteiger partial charge in [0, 0.05) is 48.4 Å². The number of benzene rings is 1. The third-order valence-electron chi connectivity index (χ3n) is 6.06. The van der Waals surface area contributed by atoms with E-state index in [-0.39, 0.29) is 0 Å². The van der Waals surface area contributed by atoms with Crippen LogP contribution in [0.15, 0.2) is 78.2 Å². The first kappa shape index (κ1) is 26.6. The second-order valence-electron chi connectivity index (χ2n) is 9.37. The molecule has 0 atom stereocenters. The lowest BCUT2D eigenvalue weighted by molar-refractivity contribution is 0.645. The maximum Gasteiger partial charge on any atom is 0.111 e. The molecule has 7 heteroatoms. The van der Waals surface area contributed by atoms with Gasteiger partial charge in [0.25, 0.3) is 0 Å². The van der Waals surface area contributed by atoms with Gasteiger partial charge in [-0.2, -0.15) is 11.3 Å². The number of thiophene rings is 1. The predicted molar refractivity (Wildman–Crippen MR) is 161 cm³/mol. The van der Waals surface area contributed by atoms with Crippen LogP contribution in [0.1, 0.15) is 31.7 Å². The van der Waals surface area contributed by atoms with Crippen molar-refractivity contribution in [3.05, 3.63) is 89.5 Å². The van der Waals surface area contributed by atoms with E-state index in [0.717, 1.165) is 68.2 Å². The average Bonchev–Trinajstić information content (AvgIpc) is 3.59. The van der Waals surface area contributed by atoms with Crippen molar-refractivity contribution in [1.82, 2.24) is 19.9 Å². The normalized spacial score (nSPS) is 10.7. The number of hydrogen-bond donors (Lipinski definition) is 3. The second-order valence-corrected chi connectivity index (χ2v) is 10.1. The van der Waals surface area contributed by atoms with Gasteiger partial charge in [-0.05, 0) is 64.1 Å². The van der Waals surface area contributed by atoms with Gasteiger partial charge in [0.1, 0.15) is 5.82 Å². The number of allylic oxidation sites excluding steroid dienone is 1. The summed E-state index contributed by atoms with van der Waals surface area (Å²) in [6.07, 6.45) is 17.1. The summed E-state index contributed by atoms with van der Waals surface area (Å²) >= 11 is 1.67. The van der Waals surface area contributed by atoms with Crippen LogP contribution in [0.3, 0.4) is 0 Å². The van der Waals surface area contributed by atoms with Crippen molar-refractivity contribution in [3.63, 3.8) is 0 Å². The Bertz CT molecular complexity index is 1550. The fourth-order valence-corrected chi connectivity index (χ4v) is 5.11. The Morgan fingerprint density at radius 3 is 2.58 bits per heavy atom. The van der Waals surface area contributed by atoms with Gasteiger partial charge >= 0.3 is 0 Å². The Labute approximate surface area is 228 Å². The monoisotopic (exact) mass is 520 g/mol. The highest BCUT2D eigenvalue weighted by Crippen LogP contribution is 2.31. The standard InChI is InChI=1S/C29H30N6S.C2H2/c1-18(2)9-19(3)33-24-11-23(13-31-14-24)20-5-6-26(30-4)22(10-20)12-28-34-27-16-32-15-25(29(27)35-28)21-7-8-36-17-21;1-2/h5-8,10-11,13-18,30,33H,3,9,12H2,1-2,4H3,(H,34,35);1-2H. The summed E-state index contributed by atoms with van der Waals surface area (Å²) in [7, 11) is 1.95. The van der Waals surface area contributed by atoms with Crippen molar-refractivity contribution in [3.8, 4) is 35.1 Å². The molecule has 0 bridgehead atoms. The first-order valence-electron chi connectivity index (χ1n) is 12.4. The van der Waals surface area contributed by atoms with E-state index in [9.17, 15) is 0 Å². The molecular weight excluding hydrogens is 488 g/mol. The zero-order valence-electron chi connectivity index (χ0n) is 22.0. The van der Waals surface area contributed by atoms with Crippen molar-refractivity contribution in [2.45, 2.75) is 26.7 Å². The van der Waals surface area contributed by atoms with Gasteiger partial charge in [-0.25, -0.2) is 4.98 Å². The molecule has 0 amide bonds. The summed E-state index contributed by atoms with van der Waals surface area (Å²) in [6, 6.07) is 10.7. The smallest absolute Gasteiger partial charge is 0.111 e. The minimum atomic E-state index is 0.549. The highest BCUT2D eigenvalue weighted by molar-refractivity contribution is 7.08. The fourth-order valence-electron chi connectivity index (χ4n) is 4.45. The number of rotatable bonds is 9. The number of imidazole rings is 1. The third kappa shape index (κ3) is 6.10. The largest absolute Gasteiger partial charge is 0.388 e. The lowest BCUT2D eigenvalue weighted by Gasteiger charge is -2.14. The molecule has 0 spiro atoms. The number of pyridine rings is 2. The van der Waals surface area contributed by atoms with Crippen LogP contribution in [-0.2, 0) is 6.42 Å². The van der Waals surface area contributed by atoms with Gasteiger partial charge in [0.05, 0.1) is 29.1 Å². The van der Waals surface area contributed by atoms with Gasteiger partial charge in [-0.15, -0.1) is 12.8 Å². The maximum atomic E-state index is 4.96. The van der Waals surface area contributed by atoms with Crippen LogP contribution in [0, 0.1) is 18.8 Å². The maximum absolute atomic E-state index is 4.96. The Morgan fingerprint density at radius 2 is 1.84 bits per heavy atom. The van der Waals surface area contributed by atoms with Crippen molar-refractivity contribution in [2.75, 3.05) is 17.7 Å². The minimum absolute atomic E-state index is 0.549. The Hall–Kier alpha value is -4.41. The number of nitrogens with one attached hydrogen (secondary N) is 3. The number of aromatic nitrogens is 4. The number of terminal acetylenes is 1. The third-order valence-corrected chi connectivity index (χ3v) is 6.74. The van der Waals surface area contributed by atoms with Crippen molar-refractivity contribution >= 4 is 33.7 Å². The predicted octanol–water partition coefficient (Wildman–Crippen LogP) is 7.60. The van der Waals surface area contributed by atoms with Crippen molar-refractivity contribution in [1.29, 1.82) is 0 Å². The molecule has 0 aliphatic carbocycles. The van der Waals surface area contributed by atoms with Crippen molar-refractivity contribution in [2.24, 2.45) is 5.92 Å². The molecule has 0 fully saturated rings. The molecule has 0 radical (unpaired) electrons. The summed E-state index contributed by atoms with van der Waals surface area (Å²) in [4.78, 5) is 17.3. The van der Waals surface area contributed by atoms with E-state index in [0.29, 0.717) is 12.3 Å². The van der Waals surface area contributed by atoms with Gasteiger partial charge in [0.15, 0.2) is 0 Å². The van der Waals surface area contributed by atoms with E-state index in [2.05, 4.69) is 100.0 Å². The zero-order chi connectivity index (χ0) is 27.1. The lowest BCUT2D eigenvalue weighted by atomic mass is 10.0. The first-order chi connectivity index (χ1) is 18.5. The first-order valence-corrected chi connectivity index (χ1v) is 13.3. The highest BCUT2D eigenvalue weighted by atomic mass is 32.1. The second kappa shape index (κ2) is 12.2. The zero-order valence-corrected chi connectivity index (χ0v) is 22.8. The number of anilines is 2. The molecular formula is C31H32N6S. The van der Waals surface area contributed by atoms with E-state index in [1.165, 1.54) is 0 Å². The topological polar surface area (TPSA) is 78.5 Å². The summed E-state index contributed by atoms with van der Waals surface area (Å²) < 4.78 is 0.